The second-order valence-electron chi connectivity index (χ2n) is 10.9. The number of hydrogen-bond donors (Lipinski definition) is 1. The van der Waals surface area contributed by atoms with Crippen LogP contribution in [0.1, 0.15) is 105 Å². The average molecular weight is 1040 g/mol. The van der Waals surface area contributed by atoms with Crippen molar-refractivity contribution in [3.8, 4) is 0 Å². The van der Waals surface area contributed by atoms with Crippen molar-refractivity contribution in [3.63, 3.8) is 0 Å². The first-order valence-corrected chi connectivity index (χ1v) is 34.0. The average Bonchev–Trinajstić information content (AvgIpc) is 3.57. The van der Waals surface area contributed by atoms with Gasteiger partial charge in [-0.3, -0.25) is 10.1 Å². The van der Waals surface area contributed by atoms with E-state index >= 15 is 0 Å². The van der Waals surface area contributed by atoms with E-state index in [1.807, 2.05) is 52.0 Å². The molecule has 0 radical (unpaired) electrons. The lowest BCUT2D eigenvalue weighted by Gasteiger charge is -2.02. The summed E-state index contributed by atoms with van der Waals surface area (Å²) in [6, 6.07) is 6.43. The van der Waals surface area contributed by atoms with Crippen molar-refractivity contribution in [2.75, 3.05) is 93.6 Å². The number of hydrogen-bond acceptors (Lipinski definition) is 14. The standard InChI is InChI=1S/2C9H20S2.C8H19NS2.C7H7NO2.C5H10S2.3HPS/c2*1-3-10-8-6-5-7-9-11-4-2;1-3-10-7-5-9-6-8-11-4-2;1-6-2-4-7(5-3-6)8(9)10;1-2-4-6-7-5-3-1;3*1-2/h2*3-9H2,1-2H3;9H,3-8H2,1-2H3;2-5H,1H3;1-5H2;3*1H. The lowest BCUT2D eigenvalue weighted by Crippen LogP contribution is -2.20. The minimum Gasteiger partial charge on any atom is -0.315 e. The molecule has 1 aliphatic heterocycles. The van der Waals surface area contributed by atoms with Gasteiger partial charge < -0.3 is 5.32 Å². The maximum absolute atomic E-state index is 10.1. The number of benzene rings is 1. The van der Waals surface area contributed by atoms with Gasteiger partial charge in [0.05, 0.1) is 4.92 Å². The molecule has 18 heteroatoms. The van der Waals surface area contributed by atoms with Gasteiger partial charge in [0.1, 0.15) is 0 Å². The van der Waals surface area contributed by atoms with Gasteiger partial charge in [0.2, 0.25) is 0 Å². The third kappa shape index (κ3) is 77.5. The first-order valence-electron chi connectivity index (χ1n) is 19.7. The Morgan fingerprint density at radius 1 is 0.554 bits per heavy atom. The summed E-state index contributed by atoms with van der Waals surface area (Å²) >= 11 is 23.9. The highest BCUT2D eigenvalue weighted by Gasteiger charge is 2.01. The molecule has 1 heterocycles. The summed E-state index contributed by atoms with van der Waals surface area (Å²) in [4.78, 5) is 9.71. The fourth-order valence-corrected chi connectivity index (χ4v) is 9.97. The molecule has 1 aromatic carbocycles. The molecule has 1 aromatic rings. The van der Waals surface area contributed by atoms with Crippen LogP contribution in [0.15, 0.2) is 24.3 Å². The fraction of sp³-hybridized carbons (Fsp3) is 0.842. The first kappa shape index (κ1) is 70.6. The SMILES string of the molecule is C1CCSSCC1.CCSCCCCCSCC.CCSCCCCCSCC.CCSCCNCCSCC.Cc1ccc([N+](=O)[O-])cc1.P=S.P=S.P=S. The van der Waals surface area contributed by atoms with Crippen molar-refractivity contribution in [2.45, 2.75) is 106 Å². The Labute approximate surface area is 403 Å². The van der Waals surface area contributed by atoms with Crippen LogP contribution >= 0.6 is 116 Å². The van der Waals surface area contributed by atoms with E-state index in [0.29, 0.717) is 0 Å². The number of unbranched alkanes of at least 4 members (excludes halogenated alkanes) is 4. The van der Waals surface area contributed by atoms with E-state index in [-0.39, 0.29) is 5.69 Å². The Bertz CT molecular complexity index is 730. The Morgan fingerprint density at radius 3 is 1.14 bits per heavy atom. The summed E-state index contributed by atoms with van der Waals surface area (Å²) in [7, 11) is 11.7. The van der Waals surface area contributed by atoms with Gasteiger partial charge in [-0.1, -0.05) is 136 Å². The fourth-order valence-electron chi connectivity index (χ4n) is 3.73. The molecule has 0 bridgehead atoms. The number of aryl methyl sites for hydroxylation is 1. The molecule has 1 aliphatic rings. The van der Waals surface area contributed by atoms with Gasteiger partial charge in [-0.25, -0.2) is 0 Å². The Morgan fingerprint density at radius 2 is 0.857 bits per heavy atom. The zero-order valence-electron chi connectivity index (χ0n) is 35.7. The molecule has 0 atom stereocenters. The third-order valence-electron chi connectivity index (χ3n) is 6.51. The summed E-state index contributed by atoms with van der Waals surface area (Å²) in [6.45, 7) is 17.6. The van der Waals surface area contributed by atoms with E-state index in [1.54, 1.807) is 12.1 Å². The maximum Gasteiger partial charge on any atom is 0.269 e. The van der Waals surface area contributed by atoms with Crippen LogP contribution in [0, 0.1) is 17.0 Å². The molecule has 0 unspecified atom stereocenters. The van der Waals surface area contributed by atoms with Crippen molar-refractivity contribution in [2.24, 2.45) is 0 Å². The summed E-state index contributed by atoms with van der Waals surface area (Å²) in [5, 5.41) is 13.5. The smallest absolute Gasteiger partial charge is 0.269 e. The van der Waals surface area contributed by atoms with Gasteiger partial charge in [0.15, 0.2) is 0 Å². The molecular weight excluding hydrogens is 962 g/mol. The van der Waals surface area contributed by atoms with Crippen molar-refractivity contribution < 1.29 is 4.92 Å². The lowest BCUT2D eigenvalue weighted by atomic mass is 10.2. The predicted octanol–water partition coefficient (Wildman–Crippen LogP) is 15.6. The molecule has 334 valence electrons. The minimum absolute atomic E-state index is 0.144. The van der Waals surface area contributed by atoms with Gasteiger partial charge >= 0.3 is 0 Å². The highest BCUT2D eigenvalue weighted by molar-refractivity contribution is 8.76. The van der Waals surface area contributed by atoms with Crippen LogP contribution in [-0.4, -0.2) is 98.6 Å². The molecule has 0 aliphatic carbocycles. The van der Waals surface area contributed by atoms with Crippen LogP contribution in [0.4, 0.5) is 5.69 Å². The molecule has 1 saturated heterocycles. The van der Waals surface area contributed by atoms with Gasteiger partial charge in [-0.2, -0.15) is 70.6 Å². The molecule has 56 heavy (non-hydrogen) atoms. The van der Waals surface area contributed by atoms with Crippen molar-refractivity contribution in [1.82, 2.24) is 5.32 Å². The van der Waals surface area contributed by atoms with Crippen molar-refractivity contribution >= 4 is 157 Å². The van der Waals surface area contributed by atoms with E-state index in [9.17, 15) is 10.1 Å². The van der Waals surface area contributed by atoms with Gasteiger partial charge in [-0.05, 0) is 127 Å². The molecule has 4 nitrogen and oxygen atoms in total. The summed E-state index contributed by atoms with van der Waals surface area (Å²) in [5.74, 6) is 18.4. The first-order chi connectivity index (χ1) is 27.4. The molecule has 0 amide bonds. The highest BCUT2D eigenvalue weighted by atomic mass is 33.1. The largest absolute Gasteiger partial charge is 0.315 e. The van der Waals surface area contributed by atoms with Crippen molar-refractivity contribution in [3.05, 3.63) is 39.9 Å². The van der Waals surface area contributed by atoms with Gasteiger partial charge in [-0.15, -0.1) is 0 Å². The summed E-state index contributed by atoms with van der Waals surface area (Å²) in [6.07, 6.45) is 12.9. The second-order valence-corrected chi connectivity index (χ2v) is 21.9. The number of nitro benzene ring substituents is 1. The normalized spacial score (nSPS) is 11.0. The molecule has 0 spiro atoms. The Hall–Kier alpha value is 2.94. The Balaban J connectivity index is -0.000000135. The maximum atomic E-state index is 10.1. The molecular formula is C38H79N2O2P3S11. The van der Waals surface area contributed by atoms with Crippen LogP contribution in [0.25, 0.3) is 0 Å². The quantitative estimate of drug-likeness (QED) is 0.0332. The number of nitrogens with one attached hydrogen (secondary N) is 1. The second kappa shape index (κ2) is 75.3. The number of thioether (sulfide) groups is 6. The highest BCUT2D eigenvalue weighted by Crippen LogP contribution is 2.27. The lowest BCUT2D eigenvalue weighted by molar-refractivity contribution is -0.384. The molecule has 1 N–H and O–H groups in total. The van der Waals surface area contributed by atoms with Crippen LogP contribution in [0.3, 0.4) is 0 Å². The topological polar surface area (TPSA) is 55.2 Å². The number of nitro groups is 1. The summed E-state index contributed by atoms with van der Waals surface area (Å²) in [5.41, 5.74) is 1.18. The number of rotatable bonds is 25. The van der Waals surface area contributed by atoms with Crippen LogP contribution in [0.2, 0.25) is 0 Å². The van der Waals surface area contributed by atoms with E-state index < -0.39 is 4.92 Å². The van der Waals surface area contributed by atoms with Crippen LogP contribution in [-0.2, 0) is 35.4 Å². The summed E-state index contributed by atoms with van der Waals surface area (Å²) < 4.78 is 0. The van der Waals surface area contributed by atoms with Crippen molar-refractivity contribution in [1.29, 1.82) is 0 Å². The molecule has 1 fully saturated rings. The molecule has 0 saturated carbocycles. The van der Waals surface area contributed by atoms with Crippen LogP contribution < -0.4 is 5.32 Å². The van der Waals surface area contributed by atoms with E-state index in [1.165, 1.54) is 164 Å². The van der Waals surface area contributed by atoms with E-state index in [2.05, 4.69) is 153 Å². The minimum atomic E-state index is -0.403. The zero-order valence-corrected chi connectivity index (χ0v) is 47.7. The molecule has 2 rings (SSSR count). The van der Waals surface area contributed by atoms with E-state index in [4.69, 9.17) is 0 Å². The number of non-ortho nitro benzene ring substituents is 1. The molecule has 0 aromatic heterocycles. The Kier molecular flexibility index (Phi) is 95.0. The zero-order chi connectivity index (χ0) is 43.6. The van der Waals surface area contributed by atoms with Gasteiger partial charge in [0.25, 0.3) is 5.69 Å². The van der Waals surface area contributed by atoms with E-state index in [0.717, 1.165) is 5.56 Å². The number of nitrogens with zero attached hydrogens (tertiary/aromatic N) is 1. The monoisotopic (exact) mass is 1040 g/mol. The van der Waals surface area contributed by atoms with Crippen LogP contribution in [0.5, 0.6) is 0 Å². The predicted molar refractivity (Wildman–Crippen MR) is 302 cm³/mol. The van der Waals surface area contributed by atoms with Gasteiger partial charge in [0, 0.05) is 48.2 Å². The third-order valence-corrected chi connectivity index (χ3v) is 14.8.